The maximum absolute atomic E-state index is 12.0. The summed E-state index contributed by atoms with van der Waals surface area (Å²) in [6.45, 7) is 3.89. The molecule has 0 radical (unpaired) electrons. The SMILES string of the molecule is CC1CCCN(C(=O)/C=C/c2ccc(Cl)c(Cl)c2)C1. The molecule has 1 amide bonds. The molecular weight excluding hydrogens is 281 g/mol. The number of carbonyl (C=O) groups excluding carboxylic acids is 1. The van der Waals surface area contributed by atoms with Crippen LogP contribution in [0.25, 0.3) is 6.08 Å². The molecule has 1 atom stereocenters. The molecule has 1 aromatic rings. The largest absolute Gasteiger partial charge is 0.339 e. The summed E-state index contributed by atoms with van der Waals surface area (Å²) in [5, 5.41) is 1.03. The van der Waals surface area contributed by atoms with Gasteiger partial charge in [-0.15, -0.1) is 0 Å². The number of hydrogen-bond donors (Lipinski definition) is 0. The molecule has 0 aromatic heterocycles. The first-order valence-electron chi connectivity index (χ1n) is 6.48. The average molecular weight is 298 g/mol. The van der Waals surface area contributed by atoms with Crippen LogP contribution in [-0.4, -0.2) is 23.9 Å². The van der Waals surface area contributed by atoms with Crippen LogP contribution in [0.15, 0.2) is 24.3 Å². The molecule has 0 aliphatic carbocycles. The number of likely N-dealkylation sites (tertiary alicyclic amines) is 1. The number of rotatable bonds is 2. The van der Waals surface area contributed by atoms with E-state index in [0.29, 0.717) is 16.0 Å². The predicted octanol–water partition coefficient (Wildman–Crippen LogP) is 4.27. The fourth-order valence-electron chi connectivity index (χ4n) is 2.28. The molecule has 19 heavy (non-hydrogen) atoms. The lowest BCUT2D eigenvalue weighted by molar-refractivity contribution is -0.127. The number of benzene rings is 1. The highest BCUT2D eigenvalue weighted by molar-refractivity contribution is 6.42. The molecule has 1 saturated heterocycles. The van der Waals surface area contributed by atoms with Crippen molar-refractivity contribution in [1.29, 1.82) is 0 Å². The molecule has 0 N–H and O–H groups in total. The third-order valence-electron chi connectivity index (χ3n) is 3.33. The Balaban J connectivity index is 2.01. The van der Waals surface area contributed by atoms with Crippen LogP contribution < -0.4 is 0 Å². The number of halogens is 2. The second kappa shape index (κ2) is 6.44. The summed E-state index contributed by atoms with van der Waals surface area (Å²) in [5.74, 6) is 0.661. The summed E-state index contributed by atoms with van der Waals surface area (Å²) < 4.78 is 0. The number of piperidine rings is 1. The zero-order valence-corrected chi connectivity index (χ0v) is 12.4. The molecular formula is C15H17Cl2NO. The Labute approximate surface area is 124 Å². The van der Waals surface area contributed by atoms with Gasteiger partial charge in [0, 0.05) is 19.2 Å². The first-order valence-corrected chi connectivity index (χ1v) is 7.24. The summed E-state index contributed by atoms with van der Waals surface area (Å²) in [6, 6.07) is 5.33. The molecule has 2 nitrogen and oxygen atoms in total. The van der Waals surface area contributed by atoms with Crippen molar-refractivity contribution in [3.63, 3.8) is 0 Å². The topological polar surface area (TPSA) is 20.3 Å². The van der Waals surface area contributed by atoms with E-state index in [4.69, 9.17) is 23.2 Å². The fraction of sp³-hybridized carbons (Fsp3) is 0.400. The molecule has 1 fully saturated rings. The van der Waals surface area contributed by atoms with Gasteiger partial charge in [-0.3, -0.25) is 4.79 Å². The van der Waals surface area contributed by atoms with Crippen molar-refractivity contribution in [2.45, 2.75) is 19.8 Å². The highest BCUT2D eigenvalue weighted by Gasteiger charge is 2.18. The van der Waals surface area contributed by atoms with Gasteiger partial charge < -0.3 is 4.90 Å². The Morgan fingerprint density at radius 1 is 1.37 bits per heavy atom. The molecule has 102 valence electrons. The van der Waals surface area contributed by atoms with Gasteiger partial charge in [0.05, 0.1) is 10.0 Å². The van der Waals surface area contributed by atoms with E-state index >= 15 is 0 Å². The zero-order valence-electron chi connectivity index (χ0n) is 10.9. The highest BCUT2D eigenvalue weighted by Crippen LogP contribution is 2.23. The minimum Gasteiger partial charge on any atom is -0.339 e. The van der Waals surface area contributed by atoms with Gasteiger partial charge >= 0.3 is 0 Å². The number of carbonyl (C=O) groups is 1. The standard InChI is InChI=1S/C15H17Cl2NO/c1-11-3-2-8-18(10-11)15(19)7-5-12-4-6-13(16)14(17)9-12/h4-7,9,11H,2-3,8,10H2,1H3/b7-5+. The molecule has 0 saturated carbocycles. The maximum atomic E-state index is 12.0. The van der Waals surface area contributed by atoms with Crippen LogP contribution in [0.4, 0.5) is 0 Å². The van der Waals surface area contributed by atoms with E-state index in [1.165, 1.54) is 6.42 Å². The smallest absolute Gasteiger partial charge is 0.246 e. The highest BCUT2D eigenvalue weighted by atomic mass is 35.5. The summed E-state index contributed by atoms with van der Waals surface area (Å²) in [7, 11) is 0. The molecule has 0 bridgehead atoms. The molecule has 1 aliphatic rings. The summed E-state index contributed by atoms with van der Waals surface area (Å²) >= 11 is 11.8. The summed E-state index contributed by atoms with van der Waals surface area (Å²) in [6.07, 6.45) is 5.69. The molecule has 1 unspecified atom stereocenters. The van der Waals surface area contributed by atoms with E-state index in [1.54, 1.807) is 24.3 Å². The van der Waals surface area contributed by atoms with E-state index in [-0.39, 0.29) is 5.91 Å². The monoisotopic (exact) mass is 297 g/mol. The first kappa shape index (κ1) is 14.4. The third-order valence-corrected chi connectivity index (χ3v) is 4.07. The van der Waals surface area contributed by atoms with Crippen molar-refractivity contribution >= 4 is 35.2 Å². The first-order chi connectivity index (χ1) is 9.06. The van der Waals surface area contributed by atoms with Crippen LogP contribution in [0.3, 0.4) is 0 Å². The second-order valence-electron chi connectivity index (χ2n) is 5.04. The van der Waals surface area contributed by atoms with Crippen molar-refractivity contribution in [3.8, 4) is 0 Å². The summed E-state index contributed by atoms with van der Waals surface area (Å²) in [5.41, 5.74) is 0.882. The molecule has 1 aromatic carbocycles. The van der Waals surface area contributed by atoms with Crippen molar-refractivity contribution in [3.05, 3.63) is 39.9 Å². The predicted molar refractivity (Wildman–Crippen MR) is 80.5 cm³/mol. The van der Waals surface area contributed by atoms with Crippen LogP contribution in [0.2, 0.25) is 10.0 Å². The van der Waals surface area contributed by atoms with E-state index < -0.39 is 0 Å². The lowest BCUT2D eigenvalue weighted by Crippen LogP contribution is -2.38. The number of hydrogen-bond acceptors (Lipinski definition) is 1. The van der Waals surface area contributed by atoms with Crippen LogP contribution in [0, 0.1) is 5.92 Å². The Morgan fingerprint density at radius 3 is 2.84 bits per heavy atom. The van der Waals surface area contributed by atoms with Gasteiger partial charge in [0.25, 0.3) is 0 Å². The van der Waals surface area contributed by atoms with Gasteiger partial charge in [-0.25, -0.2) is 0 Å². The van der Waals surface area contributed by atoms with E-state index in [9.17, 15) is 4.79 Å². The van der Waals surface area contributed by atoms with Crippen LogP contribution in [0.5, 0.6) is 0 Å². The Bertz CT molecular complexity index is 499. The zero-order chi connectivity index (χ0) is 13.8. The van der Waals surface area contributed by atoms with Crippen LogP contribution >= 0.6 is 23.2 Å². The van der Waals surface area contributed by atoms with Gasteiger partial charge in [-0.1, -0.05) is 36.2 Å². The van der Waals surface area contributed by atoms with Gasteiger partial charge in [-0.05, 0) is 42.5 Å². The molecule has 4 heteroatoms. The molecule has 1 aliphatic heterocycles. The fourth-order valence-corrected chi connectivity index (χ4v) is 2.59. The van der Waals surface area contributed by atoms with E-state index in [2.05, 4.69) is 6.92 Å². The normalized spacial score (nSPS) is 19.9. The van der Waals surface area contributed by atoms with Gasteiger partial charge in [-0.2, -0.15) is 0 Å². The van der Waals surface area contributed by atoms with Gasteiger partial charge in [0.15, 0.2) is 0 Å². The quantitative estimate of drug-likeness (QED) is 0.747. The van der Waals surface area contributed by atoms with Gasteiger partial charge in [0.2, 0.25) is 5.91 Å². The maximum Gasteiger partial charge on any atom is 0.246 e. The van der Waals surface area contributed by atoms with E-state index in [0.717, 1.165) is 25.1 Å². The van der Waals surface area contributed by atoms with Crippen molar-refractivity contribution < 1.29 is 4.79 Å². The number of amides is 1. The minimum atomic E-state index is 0.0672. The molecule has 1 heterocycles. The molecule has 2 rings (SSSR count). The van der Waals surface area contributed by atoms with Crippen molar-refractivity contribution in [2.24, 2.45) is 5.92 Å². The summed E-state index contributed by atoms with van der Waals surface area (Å²) in [4.78, 5) is 14.0. The second-order valence-corrected chi connectivity index (χ2v) is 5.85. The minimum absolute atomic E-state index is 0.0672. The lowest BCUT2D eigenvalue weighted by atomic mass is 10.0. The van der Waals surface area contributed by atoms with E-state index in [1.807, 2.05) is 11.0 Å². The number of nitrogens with zero attached hydrogens (tertiary/aromatic N) is 1. The average Bonchev–Trinajstić information content (AvgIpc) is 2.40. The van der Waals surface area contributed by atoms with Gasteiger partial charge in [0.1, 0.15) is 0 Å². The lowest BCUT2D eigenvalue weighted by Gasteiger charge is -2.30. The van der Waals surface area contributed by atoms with Crippen molar-refractivity contribution in [2.75, 3.05) is 13.1 Å². The third kappa shape index (κ3) is 3.99. The molecule has 0 spiro atoms. The Kier molecular flexibility index (Phi) is 4.89. The van der Waals surface area contributed by atoms with Crippen LogP contribution in [0.1, 0.15) is 25.3 Å². The Hall–Kier alpha value is -0.990. The van der Waals surface area contributed by atoms with Crippen LogP contribution in [-0.2, 0) is 4.79 Å². The van der Waals surface area contributed by atoms with Crippen molar-refractivity contribution in [1.82, 2.24) is 4.90 Å². The Morgan fingerprint density at radius 2 is 2.16 bits per heavy atom.